The van der Waals surface area contributed by atoms with Gasteiger partial charge in [-0.1, -0.05) is 24.3 Å². The second-order valence-corrected chi connectivity index (χ2v) is 5.88. The van der Waals surface area contributed by atoms with Crippen LogP contribution in [0.15, 0.2) is 48.5 Å². The van der Waals surface area contributed by atoms with E-state index in [9.17, 15) is 18.7 Å². The number of carbonyl (C=O) groups is 1. The topological polar surface area (TPSA) is 70.6 Å². The van der Waals surface area contributed by atoms with Gasteiger partial charge in [0.15, 0.2) is 0 Å². The van der Waals surface area contributed by atoms with Crippen LogP contribution in [0.3, 0.4) is 0 Å². The number of rotatable bonds is 5. The number of carbonyl (C=O) groups excluding carboxylic acids is 1. The van der Waals surface area contributed by atoms with Crippen LogP contribution in [0.1, 0.15) is 17.5 Å². The molecule has 1 aliphatic carbocycles. The highest BCUT2D eigenvalue weighted by atomic mass is 19.3. The second kappa shape index (κ2) is 7.06. The van der Waals surface area contributed by atoms with Gasteiger partial charge in [-0.25, -0.2) is 4.79 Å². The van der Waals surface area contributed by atoms with Crippen LogP contribution in [0, 0.1) is 0 Å². The fraction of sp³-hybridized carbons (Fsp3) is 0.278. The Hall–Kier alpha value is -2.67. The summed E-state index contributed by atoms with van der Waals surface area (Å²) in [6.07, 6.45) is 1.38. The lowest BCUT2D eigenvalue weighted by atomic mass is 9.93. The lowest BCUT2D eigenvalue weighted by Crippen LogP contribution is -2.48. The first kappa shape index (κ1) is 17.2. The number of benzene rings is 2. The van der Waals surface area contributed by atoms with E-state index in [1.54, 1.807) is 0 Å². The van der Waals surface area contributed by atoms with E-state index in [1.165, 1.54) is 24.3 Å². The predicted molar refractivity (Wildman–Crippen MR) is 88.8 cm³/mol. The fourth-order valence-electron chi connectivity index (χ4n) is 3.12. The van der Waals surface area contributed by atoms with E-state index >= 15 is 0 Å². The number of anilines is 1. The molecule has 0 bridgehead atoms. The van der Waals surface area contributed by atoms with E-state index in [2.05, 4.69) is 15.4 Å². The van der Waals surface area contributed by atoms with Gasteiger partial charge < -0.3 is 20.5 Å². The minimum Gasteiger partial charge on any atom is -0.435 e. The normalized spacial score (nSPS) is 18.7. The Balaban J connectivity index is 1.68. The molecule has 0 saturated heterocycles. The number of hydrogen-bond acceptors (Lipinski definition) is 3. The van der Waals surface area contributed by atoms with Gasteiger partial charge in [-0.2, -0.15) is 8.78 Å². The van der Waals surface area contributed by atoms with Crippen molar-refractivity contribution in [1.82, 2.24) is 5.32 Å². The molecule has 132 valence electrons. The molecule has 0 aliphatic heterocycles. The molecule has 2 amide bonds. The van der Waals surface area contributed by atoms with E-state index < -0.39 is 18.2 Å². The molecular weight excluding hydrogens is 330 g/mol. The molecule has 2 aromatic carbocycles. The number of fused-ring (bicyclic) bond motifs is 1. The number of alkyl halides is 2. The van der Waals surface area contributed by atoms with Gasteiger partial charge in [0.2, 0.25) is 0 Å². The van der Waals surface area contributed by atoms with Crippen LogP contribution in [-0.4, -0.2) is 24.4 Å². The van der Waals surface area contributed by atoms with Crippen LogP contribution in [0.4, 0.5) is 19.3 Å². The summed E-state index contributed by atoms with van der Waals surface area (Å²) in [4.78, 5) is 12.3. The molecule has 3 rings (SSSR count). The molecular formula is C18H18F2N2O3. The molecule has 1 aliphatic rings. The van der Waals surface area contributed by atoms with E-state index in [0.717, 1.165) is 17.5 Å². The van der Waals surface area contributed by atoms with Gasteiger partial charge in [-0.15, -0.1) is 0 Å². The Morgan fingerprint density at radius 2 is 1.92 bits per heavy atom. The number of nitrogens with one attached hydrogen (secondary N) is 2. The summed E-state index contributed by atoms with van der Waals surface area (Å²) in [7, 11) is 0. The number of amides is 2. The number of urea groups is 1. The quantitative estimate of drug-likeness (QED) is 0.777. The summed E-state index contributed by atoms with van der Waals surface area (Å²) in [6.45, 7) is -3.10. The average Bonchev–Trinajstić information content (AvgIpc) is 2.95. The summed E-state index contributed by atoms with van der Waals surface area (Å²) < 4.78 is 28.5. The third-order valence-electron chi connectivity index (χ3n) is 4.31. The summed E-state index contributed by atoms with van der Waals surface area (Å²) in [5.74, 6) is 0.0116. The zero-order valence-corrected chi connectivity index (χ0v) is 13.3. The van der Waals surface area contributed by atoms with E-state index in [4.69, 9.17) is 0 Å². The predicted octanol–water partition coefficient (Wildman–Crippen LogP) is 3.24. The average molecular weight is 348 g/mol. The summed E-state index contributed by atoms with van der Waals surface area (Å²) >= 11 is 0. The smallest absolute Gasteiger partial charge is 0.387 e. The van der Waals surface area contributed by atoms with Crippen LogP contribution in [0.25, 0.3) is 0 Å². The zero-order chi connectivity index (χ0) is 17.9. The number of aryl methyl sites for hydroxylation is 1. The van der Waals surface area contributed by atoms with Crippen molar-refractivity contribution in [3.05, 3.63) is 59.7 Å². The largest absolute Gasteiger partial charge is 0.435 e. The molecule has 7 heteroatoms. The molecule has 25 heavy (non-hydrogen) atoms. The SMILES string of the molecule is O=C(Nc1ccc(OC(F)F)cc1)NC1(CO)CCc2ccccc21. The molecule has 0 radical (unpaired) electrons. The van der Waals surface area contributed by atoms with Gasteiger partial charge in [0.25, 0.3) is 0 Å². The Bertz CT molecular complexity index is 752. The van der Waals surface area contributed by atoms with Gasteiger partial charge in [-0.05, 0) is 48.2 Å². The maximum Gasteiger partial charge on any atom is 0.387 e. The van der Waals surface area contributed by atoms with E-state index in [-0.39, 0.29) is 12.4 Å². The first-order valence-corrected chi connectivity index (χ1v) is 7.86. The monoisotopic (exact) mass is 348 g/mol. The number of halogens is 2. The molecule has 2 aromatic rings. The second-order valence-electron chi connectivity index (χ2n) is 5.88. The van der Waals surface area contributed by atoms with Crippen LogP contribution in [0.2, 0.25) is 0 Å². The molecule has 3 N–H and O–H groups in total. The van der Waals surface area contributed by atoms with Crippen molar-refractivity contribution in [2.24, 2.45) is 0 Å². The Labute approximate surface area is 143 Å². The maximum atomic E-state index is 12.3. The van der Waals surface area contributed by atoms with Crippen molar-refractivity contribution in [2.75, 3.05) is 11.9 Å². The minimum absolute atomic E-state index is 0.0116. The number of aliphatic hydroxyl groups is 1. The molecule has 5 nitrogen and oxygen atoms in total. The molecule has 1 unspecified atom stereocenters. The minimum atomic E-state index is -2.89. The highest BCUT2D eigenvalue weighted by Crippen LogP contribution is 2.36. The van der Waals surface area contributed by atoms with Crippen LogP contribution in [0.5, 0.6) is 5.75 Å². The number of hydrogen-bond donors (Lipinski definition) is 3. The Kier molecular flexibility index (Phi) is 4.85. The van der Waals surface area contributed by atoms with Crippen LogP contribution in [-0.2, 0) is 12.0 Å². The van der Waals surface area contributed by atoms with Crippen molar-refractivity contribution < 1.29 is 23.4 Å². The van der Waals surface area contributed by atoms with Crippen molar-refractivity contribution in [1.29, 1.82) is 0 Å². The summed E-state index contributed by atoms with van der Waals surface area (Å²) in [6, 6.07) is 12.8. The van der Waals surface area contributed by atoms with Gasteiger partial charge in [0, 0.05) is 5.69 Å². The zero-order valence-electron chi connectivity index (χ0n) is 13.3. The molecule has 1 atom stereocenters. The molecule has 0 saturated carbocycles. The molecule has 0 fully saturated rings. The third kappa shape index (κ3) is 3.71. The first-order valence-electron chi connectivity index (χ1n) is 7.86. The highest BCUT2D eigenvalue weighted by molar-refractivity contribution is 5.90. The standard InChI is InChI=1S/C18H18F2N2O3/c19-16(20)25-14-7-5-13(6-8-14)21-17(24)22-18(11-23)10-9-12-3-1-2-4-15(12)18/h1-8,16,23H,9-11H2,(H2,21,22,24). The Morgan fingerprint density at radius 3 is 2.60 bits per heavy atom. The third-order valence-corrected chi connectivity index (χ3v) is 4.31. The van der Waals surface area contributed by atoms with E-state index in [1.807, 2.05) is 24.3 Å². The summed E-state index contributed by atoms with van der Waals surface area (Å²) in [5.41, 5.74) is 1.62. The molecule has 0 heterocycles. The van der Waals surface area contributed by atoms with Crippen LogP contribution < -0.4 is 15.4 Å². The maximum absolute atomic E-state index is 12.3. The molecule has 0 spiro atoms. The number of aliphatic hydroxyl groups excluding tert-OH is 1. The first-order chi connectivity index (χ1) is 12.0. The van der Waals surface area contributed by atoms with Gasteiger partial charge in [0.1, 0.15) is 5.75 Å². The number of ether oxygens (including phenoxy) is 1. The van der Waals surface area contributed by atoms with Gasteiger partial charge >= 0.3 is 12.6 Å². The van der Waals surface area contributed by atoms with Gasteiger partial charge in [-0.3, -0.25) is 0 Å². The van der Waals surface area contributed by atoms with Gasteiger partial charge in [0.05, 0.1) is 12.1 Å². The van der Waals surface area contributed by atoms with E-state index in [0.29, 0.717) is 12.1 Å². The summed E-state index contributed by atoms with van der Waals surface area (Å²) in [5, 5.41) is 15.3. The van der Waals surface area contributed by atoms with Crippen molar-refractivity contribution >= 4 is 11.7 Å². The van der Waals surface area contributed by atoms with Crippen molar-refractivity contribution in [3.8, 4) is 5.75 Å². The van der Waals surface area contributed by atoms with Crippen molar-refractivity contribution in [3.63, 3.8) is 0 Å². The highest BCUT2D eigenvalue weighted by Gasteiger charge is 2.39. The van der Waals surface area contributed by atoms with Crippen LogP contribution >= 0.6 is 0 Å². The lowest BCUT2D eigenvalue weighted by Gasteiger charge is -2.29. The molecule has 0 aromatic heterocycles. The lowest BCUT2D eigenvalue weighted by molar-refractivity contribution is -0.0498. The fourth-order valence-corrected chi connectivity index (χ4v) is 3.12. The Morgan fingerprint density at radius 1 is 1.20 bits per heavy atom. The van der Waals surface area contributed by atoms with Crippen molar-refractivity contribution in [2.45, 2.75) is 25.0 Å².